The van der Waals surface area contributed by atoms with Gasteiger partial charge in [-0.05, 0) is 39.0 Å². The van der Waals surface area contributed by atoms with Crippen LogP contribution < -0.4 is 4.72 Å². The Kier molecular flexibility index (Phi) is 4.29. The van der Waals surface area contributed by atoms with Crippen molar-refractivity contribution in [3.05, 3.63) is 23.8 Å². The van der Waals surface area contributed by atoms with Crippen LogP contribution in [-0.4, -0.2) is 14.0 Å². The average Bonchev–Trinajstić information content (AvgIpc) is 2.11. The average molecular weight is 313 g/mol. The summed E-state index contributed by atoms with van der Waals surface area (Å²) in [5.41, 5.74) is -1.86. The Morgan fingerprint density at radius 2 is 1.68 bits per heavy atom. The van der Waals surface area contributed by atoms with Gasteiger partial charge >= 0.3 is 6.18 Å². The van der Waals surface area contributed by atoms with Gasteiger partial charge in [0.2, 0.25) is 10.0 Å². The molecule has 0 aliphatic carbocycles. The summed E-state index contributed by atoms with van der Waals surface area (Å²) in [5, 5.41) is 0. The van der Waals surface area contributed by atoms with E-state index in [1.807, 2.05) is 0 Å². The van der Waals surface area contributed by atoms with E-state index in [4.69, 9.17) is 0 Å². The third-order valence-corrected chi connectivity index (χ3v) is 4.17. The van der Waals surface area contributed by atoms with Crippen molar-refractivity contribution >= 4 is 22.7 Å². The Hall–Kier alpha value is -0.730. The molecule has 0 amide bonds. The summed E-state index contributed by atoms with van der Waals surface area (Å²) in [4.78, 5) is -0.755. The SMILES string of the molecule is CC(C)(C)NS(=O)(=O)c1ccc(S)c(C(F)(F)F)c1. The number of hydrogen-bond donors (Lipinski definition) is 2. The Morgan fingerprint density at radius 3 is 2.11 bits per heavy atom. The van der Waals surface area contributed by atoms with Gasteiger partial charge in [-0.2, -0.15) is 13.2 Å². The zero-order valence-electron chi connectivity index (χ0n) is 10.5. The van der Waals surface area contributed by atoms with Gasteiger partial charge in [-0.25, -0.2) is 13.1 Å². The molecule has 1 rings (SSSR count). The second kappa shape index (κ2) is 4.99. The molecular formula is C11H14F3NO2S2. The fraction of sp³-hybridized carbons (Fsp3) is 0.455. The first-order chi connectivity index (χ1) is 8.33. The molecule has 0 aromatic heterocycles. The Bertz CT molecular complexity index is 575. The number of alkyl halides is 3. The monoisotopic (exact) mass is 313 g/mol. The third kappa shape index (κ3) is 4.39. The second-order valence-corrected chi connectivity index (χ2v) is 7.20. The van der Waals surface area contributed by atoms with Crippen LogP contribution in [0.4, 0.5) is 13.2 Å². The molecule has 0 heterocycles. The summed E-state index contributed by atoms with van der Waals surface area (Å²) >= 11 is 3.69. The Morgan fingerprint density at radius 1 is 1.16 bits per heavy atom. The van der Waals surface area contributed by atoms with Crippen molar-refractivity contribution in [2.45, 2.75) is 42.3 Å². The molecule has 1 N–H and O–H groups in total. The van der Waals surface area contributed by atoms with E-state index in [1.165, 1.54) is 0 Å². The molecule has 0 bridgehead atoms. The molecule has 0 aliphatic rings. The molecule has 0 radical (unpaired) electrons. The number of benzene rings is 1. The van der Waals surface area contributed by atoms with Crippen molar-refractivity contribution in [2.24, 2.45) is 0 Å². The van der Waals surface area contributed by atoms with E-state index in [9.17, 15) is 21.6 Å². The summed E-state index contributed by atoms with van der Waals surface area (Å²) in [7, 11) is -4.00. The number of thiol groups is 1. The molecule has 0 atom stereocenters. The van der Waals surface area contributed by atoms with Crippen molar-refractivity contribution < 1.29 is 21.6 Å². The summed E-state index contributed by atoms with van der Waals surface area (Å²) in [6.45, 7) is 4.80. The number of hydrogen-bond acceptors (Lipinski definition) is 3. The Balaban J connectivity index is 3.31. The molecule has 3 nitrogen and oxygen atoms in total. The van der Waals surface area contributed by atoms with E-state index >= 15 is 0 Å². The van der Waals surface area contributed by atoms with Crippen LogP contribution in [0.15, 0.2) is 28.0 Å². The van der Waals surface area contributed by atoms with Crippen LogP contribution in [-0.2, 0) is 16.2 Å². The van der Waals surface area contributed by atoms with Crippen LogP contribution in [0.2, 0.25) is 0 Å². The van der Waals surface area contributed by atoms with Gasteiger partial charge < -0.3 is 0 Å². The summed E-state index contributed by atoms with van der Waals surface area (Å²) in [6, 6.07) is 2.69. The third-order valence-electron chi connectivity index (χ3n) is 2.02. The quantitative estimate of drug-likeness (QED) is 0.824. The van der Waals surface area contributed by atoms with Crippen LogP contribution in [0.5, 0.6) is 0 Å². The van der Waals surface area contributed by atoms with Gasteiger partial charge in [0.15, 0.2) is 0 Å². The molecule has 0 fully saturated rings. The van der Waals surface area contributed by atoms with Crippen LogP contribution >= 0.6 is 12.6 Å². The molecule has 0 aliphatic heterocycles. The number of halogens is 3. The first-order valence-corrected chi connectivity index (χ1v) is 7.20. The summed E-state index contributed by atoms with van der Waals surface area (Å²) in [5.74, 6) is 0. The van der Waals surface area contributed by atoms with Gasteiger partial charge in [0.1, 0.15) is 0 Å². The summed E-state index contributed by atoms with van der Waals surface area (Å²) < 4.78 is 64.2. The smallest absolute Gasteiger partial charge is 0.207 e. The molecule has 0 saturated heterocycles. The van der Waals surface area contributed by atoms with E-state index in [2.05, 4.69) is 17.4 Å². The van der Waals surface area contributed by atoms with Crippen LogP contribution in [0.25, 0.3) is 0 Å². The molecule has 0 unspecified atom stereocenters. The predicted molar refractivity (Wildman–Crippen MR) is 68.8 cm³/mol. The van der Waals surface area contributed by atoms with Gasteiger partial charge in [0.25, 0.3) is 0 Å². The van der Waals surface area contributed by atoms with E-state index in [1.54, 1.807) is 20.8 Å². The minimum absolute atomic E-state index is 0.317. The summed E-state index contributed by atoms with van der Waals surface area (Å²) in [6.07, 6.45) is -4.65. The van der Waals surface area contributed by atoms with Gasteiger partial charge in [0, 0.05) is 10.4 Å². The second-order valence-electron chi connectivity index (χ2n) is 5.03. The topological polar surface area (TPSA) is 46.2 Å². The first kappa shape index (κ1) is 16.3. The highest BCUT2D eigenvalue weighted by Crippen LogP contribution is 2.35. The van der Waals surface area contributed by atoms with Crippen LogP contribution in [0.1, 0.15) is 26.3 Å². The molecular weight excluding hydrogens is 299 g/mol. The highest BCUT2D eigenvalue weighted by Gasteiger charge is 2.34. The molecule has 108 valence electrons. The number of rotatable bonds is 2. The normalized spacial score (nSPS) is 13.6. The zero-order valence-corrected chi connectivity index (χ0v) is 12.2. The van der Waals surface area contributed by atoms with Crippen molar-refractivity contribution in [1.29, 1.82) is 0 Å². The van der Waals surface area contributed by atoms with Crippen molar-refractivity contribution in [2.75, 3.05) is 0 Å². The molecule has 0 spiro atoms. The van der Waals surface area contributed by atoms with Crippen molar-refractivity contribution in [1.82, 2.24) is 4.72 Å². The maximum Gasteiger partial charge on any atom is 0.417 e. The minimum atomic E-state index is -4.65. The lowest BCUT2D eigenvalue weighted by molar-refractivity contribution is -0.139. The van der Waals surface area contributed by atoms with Gasteiger partial charge in [-0.15, -0.1) is 12.6 Å². The minimum Gasteiger partial charge on any atom is -0.207 e. The fourth-order valence-electron chi connectivity index (χ4n) is 1.37. The van der Waals surface area contributed by atoms with E-state index in [-0.39, 0.29) is 4.90 Å². The highest BCUT2D eigenvalue weighted by atomic mass is 32.2. The number of nitrogens with one attached hydrogen (secondary N) is 1. The molecule has 19 heavy (non-hydrogen) atoms. The van der Waals surface area contributed by atoms with E-state index in [0.717, 1.165) is 12.1 Å². The maximum atomic E-state index is 12.7. The zero-order chi connectivity index (χ0) is 15.1. The van der Waals surface area contributed by atoms with E-state index < -0.39 is 32.2 Å². The van der Waals surface area contributed by atoms with Crippen molar-refractivity contribution in [3.8, 4) is 0 Å². The predicted octanol–water partition coefficient (Wildman–Crippen LogP) is 3.07. The Labute approximate surface area is 115 Å². The lowest BCUT2D eigenvalue weighted by Crippen LogP contribution is -2.40. The number of sulfonamides is 1. The van der Waals surface area contributed by atoms with Gasteiger partial charge in [0.05, 0.1) is 10.5 Å². The van der Waals surface area contributed by atoms with Gasteiger partial charge in [-0.1, -0.05) is 0 Å². The van der Waals surface area contributed by atoms with Crippen LogP contribution in [0, 0.1) is 0 Å². The van der Waals surface area contributed by atoms with Crippen molar-refractivity contribution in [3.63, 3.8) is 0 Å². The first-order valence-electron chi connectivity index (χ1n) is 5.27. The standard InChI is InChI=1S/C11H14F3NO2S2/c1-10(2,3)15-19(16,17)7-4-5-9(18)8(6-7)11(12,13)14/h4-6,15,18H,1-3H3. The lowest BCUT2D eigenvalue weighted by Gasteiger charge is -2.21. The largest absolute Gasteiger partial charge is 0.417 e. The molecule has 8 heteroatoms. The molecule has 0 saturated carbocycles. The lowest BCUT2D eigenvalue weighted by atomic mass is 10.1. The molecule has 1 aromatic carbocycles. The molecule has 1 aromatic rings. The highest BCUT2D eigenvalue weighted by molar-refractivity contribution is 7.89. The maximum absolute atomic E-state index is 12.7. The van der Waals surface area contributed by atoms with E-state index in [0.29, 0.717) is 6.07 Å². The van der Waals surface area contributed by atoms with Crippen LogP contribution in [0.3, 0.4) is 0 Å². The fourth-order valence-corrected chi connectivity index (χ4v) is 3.08. The van der Waals surface area contributed by atoms with Gasteiger partial charge in [-0.3, -0.25) is 0 Å².